The van der Waals surface area contributed by atoms with Gasteiger partial charge in [0.25, 0.3) is 0 Å². The van der Waals surface area contributed by atoms with Crippen LogP contribution in [0.3, 0.4) is 0 Å². The molecule has 0 aliphatic carbocycles. The van der Waals surface area contributed by atoms with Gasteiger partial charge in [0, 0.05) is 12.8 Å². The van der Waals surface area contributed by atoms with Crippen LogP contribution in [0.5, 0.6) is 0 Å². The van der Waals surface area contributed by atoms with Crippen LogP contribution in [0, 0.1) is 0 Å². The molecule has 0 amide bonds. The summed E-state index contributed by atoms with van der Waals surface area (Å²) < 4.78 is 33.9. The second-order valence-corrected chi connectivity index (χ2v) is 14.4. The molecule has 0 aromatic heterocycles. The van der Waals surface area contributed by atoms with Crippen molar-refractivity contribution in [2.24, 2.45) is 0 Å². The maximum absolute atomic E-state index is 12.5. The van der Waals surface area contributed by atoms with Gasteiger partial charge >= 0.3 is 19.8 Å². The zero-order valence-corrected chi connectivity index (χ0v) is 29.8. The third-order valence-corrected chi connectivity index (χ3v) is 8.28. The number of phosphoric ester groups is 1. The molecule has 0 saturated heterocycles. The van der Waals surface area contributed by atoms with Crippen molar-refractivity contribution in [1.29, 1.82) is 0 Å². The first kappa shape index (κ1) is 42.8. The SMILES string of the molecule is CCCCCCCC/C=C/CCCCCC(=O)O[C@H](COC(=O)CCCCCCCCC)COP(=O)(O)OCC[N+](C)(C)C. The minimum Gasteiger partial charge on any atom is -0.462 e. The molecule has 0 bridgehead atoms. The fraction of sp³-hybridized carbons (Fsp3) is 0.882. The third kappa shape index (κ3) is 30.8. The number of likely N-dealkylation sites (N-methyl/N-ethyl adjacent to an activating group) is 1. The Morgan fingerprint density at radius 3 is 1.70 bits per heavy atom. The lowest BCUT2D eigenvalue weighted by Gasteiger charge is -2.24. The summed E-state index contributed by atoms with van der Waals surface area (Å²) in [5.74, 6) is -0.824. The first-order valence-electron chi connectivity index (χ1n) is 17.4. The van der Waals surface area contributed by atoms with E-state index in [2.05, 4.69) is 26.0 Å². The molecule has 0 radical (unpaired) electrons. The molecule has 0 aromatic carbocycles. The van der Waals surface area contributed by atoms with Crippen molar-refractivity contribution in [3.63, 3.8) is 0 Å². The number of unbranched alkanes of at least 4 members (excludes halogenated alkanes) is 15. The van der Waals surface area contributed by atoms with Crippen molar-refractivity contribution < 1.29 is 42.1 Å². The highest BCUT2D eigenvalue weighted by Crippen LogP contribution is 2.43. The van der Waals surface area contributed by atoms with Gasteiger partial charge in [-0.05, 0) is 38.5 Å². The summed E-state index contributed by atoms with van der Waals surface area (Å²) >= 11 is 0. The van der Waals surface area contributed by atoms with Crippen LogP contribution in [0.25, 0.3) is 0 Å². The molecule has 44 heavy (non-hydrogen) atoms. The summed E-state index contributed by atoms with van der Waals surface area (Å²) in [6.07, 6.45) is 24.2. The lowest BCUT2D eigenvalue weighted by atomic mass is 10.1. The van der Waals surface area contributed by atoms with Crippen LogP contribution >= 0.6 is 7.82 Å². The predicted octanol–water partition coefficient (Wildman–Crippen LogP) is 8.68. The largest absolute Gasteiger partial charge is 0.472 e. The quantitative estimate of drug-likeness (QED) is 0.0262. The van der Waals surface area contributed by atoms with Gasteiger partial charge in [-0.2, -0.15) is 0 Å². The number of allylic oxidation sites excluding steroid dienone is 2. The molecule has 9 nitrogen and oxygen atoms in total. The minimum absolute atomic E-state index is 0.0311. The van der Waals surface area contributed by atoms with Crippen LogP contribution in [0.1, 0.15) is 142 Å². The van der Waals surface area contributed by atoms with Crippen molar-refractivity contribution in [2.75, 3.05) is 47.5 Å². The van der Waals surface area contributed by atoms with Crippen LogP contribution in [-0.4, -0.2) is 74.9 Å². The zero-order chi connectivity index (χ0) is 32.9. The number of ether oxygens (including phenoxy) is 2. The molecule has 0 spiro atoms. The number of carbonyl (C=O) groups excluding carboxylic acids is 2. The molecular weight excluding hydrogens is 581 g/mol. The number of carbonyl (C=O) groups is 2. The number of nitrogens with zero attached hydrogens (tertiary/aromatic N) is 1. The highest BCUT2D eigenvalue weighted by atomic mass is 31.2. The second-order valence-electron chi connectivity index (χ2n) is 12.9. The highest BCUT2D eigenvalue weighted by Gasteiger charge is 2.27. The Kier molecular flexibility index (Phi) is 27.2. The van der Waals surface area contributed by atoms with Crippen molar-refractivity contribution in [1.82, 2.24) is 0 Å². The summed E-state index contributed by atoms with van der Waals surface area (Å²) in [6, 6.07) is 0. The Balaban J connectivity index is 4.49. The van der Waals surface area contributed by atoms with Crippen molar-refractivity contribution in [3.8, 4) is 0 Å². The number of hydrogen-bond acceptors (Lipinski definition) is 7. The first-order chi connectivity index (χ1) is 21.0. The maximum Gasteiger partial charge on any atom is 0.472 e. The van der Waals surface area contributed by atoms with Gasteiger partial charge in [-0.15, -0.1) is 0 Å². The van der Waals surface area contributed by atoms with Crippen LogP contribution in [-0.2, 0) is 32.7 Å². The van der Waals surface area contributed by atoms with Gasteiger partial charge in [0.2, 0.25) is 0 Å². The molecule has 0 heterocycles. The van der Waals surface area contributed by atoms with Gasteiger partial charge in [-0.3, -0.25) is 18.6 Å². The normalized spacial score (nSPS) is 14.0. The van der Waals surface area contributed by atoms with E-state index in [4.69, 9.17) is 18.5 Å². The van der Waals surface area contributed by atoms with E-state index in [1.54, 1.807) is 0 Å². The average Bonchev–Trinajstić information content (AvgIpc) is 2.95. The number of esters is 2. The number of rotatable bonds is 31. The van der Waals surface area contributed by atoms with Crippen LogP contribution in [0.4, 0.5) is 0 Å². The lowest BCUT2D eigenvalue weighted by molar-refractivity contribution is -0.870. The van der Waals surface area contributed by atoms with E-state index in [0.717, 1.165) is 44.9 Å². The van der Waals surface area contributed by atoms with E-state index in [-0.39, 0.29) is 32.0 Å². The van der Waals surface area contributed by atoms with E-state index >= 15 is 0 Å². The van der Waals surface area contributed by atoms with Crippen LogP contribution in [0.15, 0.2) is 12.2 Å². The number of quaternary nitrogens is 1. The van der Waals surface area contributed by atoms with Crippen LogP contribution in [0.2, 0.25) is 0 Å². The summed E-state index contributed by atoms with van der Waals surface area (Å²) in [7, 11) is 1.47. The average molecular weight is 649 g/mol. The molecule has 1 unspecified atom stereocenters. The molecule has 260 valence electrons. The van der Waals surface area contributed by atoms with Gasteiger partial charge in [0.05, 0.1) is 27.7 Å². The fourth-order valence-electron chi connectivity index (χ4n) is 4.48. The van der Waals surface area contributed by atoms with Gasteiger partial charge in [0.15, 0.2) is 6.10 Å². The molecule has 0 rings (SSSR count). The molecule has 1 N–H and O–H groups in total. The topological polar surface area (TPSA) is 108 Å². The molecule has 10 heteroatoms. The van der Waals surface area contributed by atoms with Gasteiger partial charge in [-0.25, -0.2) is 4.57 Å². The molecule has 0 aromatic rings. The van der Waals surface area contributed by atoms with Crippen molar-refractivity contribution in [2.45, 2.75) is 148 Å². The number of phosphoric acid groups is 1. The van der Waals surface area contributed by atoms with Gasteiger partial charge in [0.1, 0.15) is 19.8 Å². The Morgan fingerprint density at radius 2 is 1.16 bits per heavy atom. The summed E-state index contributed by atoms with van der Waals surface area (Å²) in [4.78, 5) is 34.9. The minimum atomic E-state index is -4.36. The van der Waals surface area contributed by atoms with Crippen molar-refractivity contribution in [3.05, 3.63) is 12.2 Å². The van der Waals surface area contributed by atoms with E-state index in [9.17, 15) is 19.0 Å². The fourth-order valence-corrected chi connectivity index (χ4v) is 5.22. The Bertz CT molecular complexity index is 784. The standard InChI is InChI=1S/C34H66NO8P/c1-6-8-10-12-14-15-16-17-18-19-21-23-25-27-34(37)43-32(31-42-44(38,39)41-29-28-35(3,4)5)30-40-33(36)26-24-22-20-13-11-9-7-2/h17-18,32H,6-16,19-31H2,1-5H3/p+1/b18-17+/t32-/m1/s1. The Hall–Kier alpha value is -1.25. The summed E-state index contributed by atoms with van der Waals surface area (Å²) in [6.45, 7) is 4.32. The first-order valence-corrected chi connectivity index (χ1v) is 18.9. The van der Waals surface area contributed by atoms with E-state index in [1.807, 2.05) is 21.1 Å². The Labute approximate surface area is 269 Å². The maximum atomic E-state index is 12.5. The zero-order valence-electron chi connectivity index (χ0n) is 28.9. The summed E-state index contributed by atoms with van der Waals surface area (Å²) in [5, 5.41) is 0. The number of hydrogen-bond donors (Lipinski definition) is 1. The smallest absolute Gasteiger partial charge is 0.462 e. The Morgan fingerprint density at radius 1 is 0.682 bits per heavy atom. The highest BCUT2D eigenvalue weighted by molar-refractivity contribution is 7.47. The van der Waals surface area contributed by atoms with E-state index in [0.29, 0.717) is 17.4 Å². The monoisotopic (exact) mass is 648 g/mol. The van der Waals surface area contributed by atoms with Crippen molar-refractivity contribution >= 4 is 19.8 Å². The van der Waals surface area contributed by atoms with E-state index in [1.165, 1.54) is 64.2 Å². The molecular formula is C34H67NO8P+. The van der Waals surface area contributed by atoms with E-state index < -0.39 is 26.5 Å². The third-order valence-electron chi connectivity index (χ3n) is 7.30. The second kappa shape index (κ2) is 28.0. The lowest BCUT2D eigenvalue weighted by Crippen LogP contribution is -2.37. The summed E-state index contributed by atoms with van der Waals surface area (Å²) in [5.41, 5.74) is 0. The predicted molar refractivity (Wildman–Crippen MR) is 178 cm³/mol. The van der Waals surface area contributed by atoms with Gasteiger partial charge in [-0.1, -0.05) is 103 Å². The molecule has 0 aliphatic rings. The molecule has 2 atom stereocenters. The van der Waals surface area contributed by atoms with Crippen LogP contribution < -0.4 is 0 Å². The molecule has 0 fully saturated rings. The molecule has 0 aliphatic heterocycles. The molecule has 0 saturated carbocycles. The van der Waals surface area contributed by atoms with Gasteiger partial charge < -0.3 is 18.9 Å².